The monoisotopic (exact) mass is 293 g/mol. The SMILES string of the molecule is CC(C)c1ncc(NCC2(O)CCCCC2)c(C(=O)O)n1. The van der Waals surface area contributed by atoms with Gasteiger partial charge in [0.05, 0.1) is 17.5 Å². The largest absolute Gasteiger partial charge is 0.476 e. The van der Waals surface area contributed by atoms with Gasteiger partial charge < -0.3 is 15.5 Å². The predicted molar refractivity (Wildman–Crippen MR) is 79.6 cm³/mol. The third-order valence-corrected chi connectivity index (χ3v) is 3.92. The molecule has 0 aromatic carbocycles. The zero-order chi connectivity index (χ0) is 15.5. The average Bonchev–Trinajstić information content (AvgIpc) is 2.45. The number of aromatic carboxylic acids is 1. The third kappa shape index (κ3) is 3.91. The summed E-state index contributed by atoms with van der Waals surface area (Å²) >= 11 is 0. The van der Waals surface area contributed by atoms with Gasteiger partial charge in [-0.2, -0.15) is 0 Å². The zero-order valence-corrected chi connectivity index (χ0v) is 12.6. The van der Waals surface area contributed by atoms with E-state index in [-0.39, 0.29) is 11.6 Å². The first-order valence-electron chi connectivity index (χ1n) is 7.48. The van der Waals surface area contributed by atoms with Crippen LogP contribution in [0.25, 0.3) is 0 Å². The summed E-state index contributed by atoms with van der Waals surface area (Å²) < 4.78 is 0. The second kappa shape index (κ2) is 6.39. The van der Waals surface area contributed by atoms with Crippen LogP contribution in [0.1, 0.15) is 68.2 Å². The van der Waals surface area contributed by atoms with Crippen molar-refractivity contribution in [3.63, 3.8) is 0 Å². The first-order valence-corrected chi connectivity index (χ1v) is 7.48. The molecule has 0 radical (unpaired) electrons. The van der Waals surface area contributed by atoms with Crippen LogP contribution in [0.2, 0.25) is 0 Å². The maximum absolute atomic E-state index is 11.3. The van der Waals surface area contributed by atoms with Crippen molar-refractivity contribution in [2.75, 3.05) is 11.9 Å². The maximum Gasteiger partial charge on any atom is 0.356 e. The molecule has 3 N–H and O–H groups in total. The number of aromatic nitrogens is 2. The molecule has 0 bridgehead atoms. The van der Waals surface area contributed by atoms with E-state index in [2.05, 4.69) is 15.3 Å². The molecule has 1 aromatic rings. The van der Waals surface area contributed by atoms with Gasteiger partial charge in [0.25, 0.3) is 0 Å². The van der Waals surface area contributed by atoms with E-state index in [1.807, 2.05) is 13.8 Å². The molecule has 0 saturated heterocycles. The Kier molecular flexibility index (Phi) is 4.77. The molecule has 0 amide bonds. The molecule has 116 valence electrons. The van der Waals surface area contributed by atoms with E-state index in [0.29, 0.717) is 18.1 Å². The van der Waals surface area contributed by atoms with Crippen molar-refractivity contribution in [3.05, 3.63) is 17.7 Å². The molecule has 1 aliphatic rings. The second-order valence-corrected chi connectivity index (χ2v) is 6.09. The van der Waals surface area contributed by atoms with Crippen LogP contribution >= 0.6 is 0 Å². The molecule has 1 aliphatic carbocycles. The van der Waals surface area contributed by atoms with Gasteiger partial charge in [0.15, 0.2) is 5.69 Å². The van der Waals surface area contributed by atoms with E-state index in [9.17, 15) is 15.0 Å². The van der Waals surface area contributed by atoms with Gasteiger partial charge in [0.2, 0.25) is 0 Å². The summed E-state index contributed by atoms with van der Waals surface area (Å²) in [5.41, 5.74) is -0.427. The highest BCUT2D eigenvalue weighted by molar-refractivity contribution is 5.91. The van der Waals surface area contributed by atoms with Gasteiger partial charge in [-0.25, -0.2) is 14.8 Å². The molecule has 0 atom stereocenters. The van der Waals surface area contributed by atoms with Crippen molar-refractivity contribution in [2.45, 2.75) is 57.5 Å². The molecule has 0 unspecified atom stereocenters. The molecule has 1 saturated carbocycles. The molecule has 0 spiro atoms. The van der Waals surface area contributed by atoms with Crippen LogP contribution in [0.4, 0.5) is 5.69 Å². The van der Waals surface area contributed by atoms with Crippen LogP contribution in [0.5, 0.6) is 0 Å². The Morgan fingerprint density at radius 1 is 1.38 bits per heavy atom. The van der Waals surface area contributed by atoms with Crippen molar-refractivity contribution >= 4 is 11.7 Å². The van der Waals surface area contributed by atoms with Gasteiger partial charge in [-0.1, -0.05) is 33.1 Å². The van der Waals surface area contributed by atoms with Gasteiger partial charge in [0, 0.05) is 12.5 Å². The molecule has 6 nitrogen and oxygen atoms in total. The van der Waals surface area contributed by atoms with Crippen molar-refractivity contribution in [3.8, 4) is 0 Å². The first kappa shape index (κ1) is 15.7. The van der Waals surface area contributed by atoms with Crippen molar-refractivity contribution < 1.29 is 15.0 Å². The molecule has 2 rings (SSSR count). The molecular formula is C15H23N3O3. The van der Waals surface area contributed by atoms with E-state index in [1.54, 1.807) is 0 Å². The van der Waals surface area contributed by atoms with E-state index in [4.69, 9.17) is 0 Å². The quantitative estimate of drug-likeness (QED) is 0.771. The Morgan fingerprint density at radius 3 is 2.62 bits per heavy atom. The van der Waals surface area contributed by atoms with Gasteiger partial charge in [-0.3, -0.25) is 0 Å². The number of carboxylic acids is 1. The zero-order valence-electron chi connectivity index (χ0n) is 12.6. The topological polar surface area (TPSA) is 95.3 Å². The van der Waals surface area contributed by atoms with Crippen LogP contribution in [-0.4, -0.2) is 38.3 Å². The van der Waals surface area contributed by atoms with Crippen LogP contribution in [0.15, 0.2) is 6.20 Å². The predicted octanol–water partition coefficient (Wildman–Crippen LogP) is 2.41. The number of aliphatic hydroxyl groups is 1. The number of hydrogen-bond donors (Lipinski definition) is 3. The molecule has 0 aliphatic heterocycles. The van der Waals surface area contributed by atoms with Crippen LogP contribution < -0.4 is 5.32 Å². The van der Waals surface area contributed by atoms with Gasteiger partial charge in [0.1, 0.15) is 5.82 Å². The summed E-state index contributed by atoms with van der Waals surface area (Å²) in [6, 6.07) is 0. The lowest BCUT2D eigenvalue weighted by molar-refractivity contribution is 0.0166. The Balaban J connectivity index is 2.13. The summed E-state index contributed by atoms with van der Waals surface area (Å²) in [6.45, 7) is 4.16. The van der Waals surface area contributed by atoms with E-state index in [1.165, 1.54) is 6.20 Å². The highest BCUT2D eigenvalue weighted by atomic mass is 16.4. The summed E-state index contributed by atoms with van der Waals surface area (Å²) in [6.07, 6.45) is 6.15. The number of nitrogens with one attached hydrogen (secondary N) is 1. The molecule has 6 heteroatoms. The summed E-state index contributed by atoms with van der Waals surface area (Å²) in [5, 5.41) is 22.7. The fourth-order valence-electron chi connectivity index (χ4n) is 2.61. The summed E-state index contributed by atoms with van der Waals surface area (Å²) in [7, 11) is 0. The van der Waals surface area contributed by atoms with Gasteiger partial charge >= 0.3 is 5.97 Å². The lowest BCUT2D eigenvalue weighted by Gasteiger charge is -2.32. The Morgan fingerprint density at radius 2 is 2.05 bits per heavy atom. The number of nitrogens with zero attached hydrogens (tertiary/aromatic N) is 2. The normalized spacial score (nSPS) is 17.7. The minimum Gasteiger partial charge on any atom is -0.476 e. The van der Waals surface area contributed by atoms with E-state index < -0.39 is 11.6 Å². The minimum atomic E-state index is -1.09. The lowest BCUT2D eigenvalue weighted by atomic mass is 9.85. The third-order valence-electron chi connectivity index (χ3n) is 3.92. The molecule has 21 heavy (non-hydrogen) atoms. The molecule has 1 fully saturated rings. The number of carboxylic acid groups (broad SMARTS) is 1. The lowest BCUT2D eigenvalue weighted by Crippen LogP contribution is -2.39. The summed E-state index contributed by atoms with van der Waals surface area (Å²) in [5.74, 6) is -0.508. The van der Waals surface area contributed by atoms with Crippen molar-refractivity contribution in [2.24, 2.45) is 0 Å². The second-order valence-electron chi connectivity index (χ2n) is 6.09. The fraction of sp³-hybridized carbons (Fsp3) is 0.667. The Hall–Kier alpha value is -1.69. The molecule has 1 heterocycles. The number of anilines is 1. The van der Waals surface area contributed by atoms with Crippen molar-refractivity contribution in [1.29, 1.82) is 0 Å². The average molecular weight is 293 g/mol. The maximum atomic E-state index is 11.3. The van der Waals surface area contributed by atoms with E-state index >= 15 is 0 Å². The van der Waals surface area contributed by atoms with Crippen LogP contribution in [0, 0.1) is 0 Å². The fourth-order valence-corrected chi connectivity index (χ4v) is 2.61. The summed E-state index contributed by atoms with van der Waals surface area (Å²) in [4.78, 5) is 19.6. The first-order chi connectivity index (χ1) is 9.91. The van der Waals surface area contributed by atoms with Crippen LogP contribution in [-0.2, 0) is 0 Å². The highest BCUT2D eigenvalue weighted by Crippen LogP contribution is 2.28. The Bertz CT molecular complexity index is 511. The minimum absolute atomic E-state index is 0.0342. The highest BCUT2D eigenvalue weighted by Gasteiger charge is 2.29. The Labute approximate surface area is 124 Å². The number of carbonyl (C=O) groups is 1. The van der Waals surface area contributed by atoms with Crippen molar-refractivity contribution in [1.82, 2.24) is 9.97 Å². The van der Waals surface area contributed by atoms with Gasteiger partial charge in [-0.05, 0) is 12.8 Å². The van der Waals surface area contributed by atoms with Crippen LogP contribution in [0.3, 0.4) is 0 Å². The molecular weight excluding hydrogens is 270 g/mol. The number of rotatable bonds is 5. The standard InChI is InChI=1S/C15H23N3O3/c1-10(2)13-16-8-11(12(18-13)14(19)20)17-9-15(21)6-4-3-5-7-15/h8,10,17,21H,3-7,9H2,1-2H3,(H,19,20). The number of hydrogen-bond acceptors (Lipinski definition) is 5. The molecule has 1 aromatic heterocycles. The van der Waals surface area contributed by atoms with Gasteiger partial charge in [-0.15, -0.1) is 0 Å². The van der Waals surface area contributed by atoms with E-state index in [0.717, 1.165) is 32.1 Å². The smallest absolute Gasteiger partial charge is 0.356 e.